The Kier molecular flexibility index (Phi) is 5.79. The molecule has 2 rings (SSSR count). The summed E-state index contributed by atoms with van der Waals surface area (Å²) in [6.45, 7) is 8.10. The van der Waals surface area contributed by atoms with E-state index in [0.717, 1.165) is 16.8 Å². The summed E-state index contributed by atoms with van der Waals surface area (Å²) in [6.07, 6.45) is 0. The monoisotopic (exact) mass is 335 g/mol. The van der Waals surface area contributed by atoms with E-state index in [9.17, 15) is 4.79 Å². The van der Waals surface area contributed by atoms with Crippen LogP contribution in [0.3, 0.4) is 0 Å². The second kappa shape index (κ2) is 7.61. The highest BCUT2D eigenvalue weighted by molar-refractivity contribution is 7.99. The third-order valence-corrected chi connectivity index (χ3v) is 4.57. The summed E-state index contributed by atoms with van der Waals surface area (Å²) < 4.78 is 5.55. The van der Waals surface area contributed by atoms with Crippen molar-refractivity contribution in [2.24, 2.45) is 5.92 Å². The fourth-order valence-electron chi connectivity index (χ4n) is 1.91. The summed E-state index contributed by atoms with van der Waals surface area (Å²) in [5.41, 5.74) is 7.06. The molecule has 1 atom stereocenters. The van der Waals surface area contributed by atoms with Gasteiger partial charge in [0.1, 0.15) is 0 Å². The summed E-state index contributed by atoms with van der Waals surface area (Å²) in [5, 5.41) is 11.3. The number of carbonyl (C=O) groups is 1. The molecule has 0 aliphatic rings. The first-order valence-corrected chi connectivity index (χ1v) is 8.52. The molecule has 0 aliphatic heterocycles. The van der Waals surface area contributed by atoms with Crippen molar-refractivity contribution in [1.29, 1.82) is 0 Å². The van der Waals surface area contributed by atoms with Crippen LogP contribution in [-0.2, 0) is 4.79 Å². The zero-order valence-electron chi connectivity index (χ0n) is 13.9. The summed E-state index contributed by atoms with van der Waals surface area (Å²) in [4.78, 5) is 12.1. The molecule has 0 saturated heterocycles. The summed E-state index contributed by atoms with van der Waals surface area (Å²) >= 11 is 1.23. The number of carbonyl (C=O) groups excluding carboxylic acids is 1. The Bertz CT molecular complexity index is 684. The average molecular weight is 335 g/mol. The Balaban J connectivity index is 1.91. The van der Waals surface area contributed by atoms with Gasteiger partial charge in [-0.3, -0.25) is 4.79 Å². The Labute approximate surface area is 140 Å². The number of anilines is 1. The van der Waals surface area contributed by atoms with Crippen LogP contribution in [0.5, 0.6) is 0 Å². The average Bonchev–Trinajstić information content (AvgIpc) is 2.98. The van der Waals surface area contributed by atoms with Crippen molar-refractivity contribution in [2.45, 2.75) is 39.0 Å². The zero-order valence-corrected chi connectivity index (χ0v) is 14.7. The number of thioether (sulfide) groups is 1. The Morgan fingerprint density at radius 3 is 2.78 bits per heavy atom. The van der Waals surface area contributed by atoms with Crippen LogP contribution in [0.4, 0.5) is 5.69 Å². The number of quaternary nitrogens is 1. The number of nitrogens with one attached hydrogen (secondary N) is 1. The van der Waals surface area contributed by atoms with Crippen molar-refractivity contribution >= 4 is 23.4 Å². The number of rotatable bonds is 6. The molecule has 23 heavy (non-hydrogen) atoms. The maximum atomic E-state index is 12.1. The van der Waals surface area contributed by atoms with Crippen molar-refractivity contribution in [2.75, 3.05) is 11.1 Å². The highest BCUT2D eigenvalue weighted by atomic mass is 32.2. The van der Waals surface area contributed by atoms with Crippen molar-refractivity contribution in [3.8, 4) is 0 Å². The number of hydrogen-bond donors (Lipinski definition) is 2. The van der Waals surface area contributed by atoms with Crippen molar-refractivity contribution in [3.05, 3.63) is 35.2 Å². The van der Waals surface area contributed by atoms with Gasteiger partial charge in [0.15, 0.2) is 6.04 Å². The van der Waals surface area contributed by atoms with E-state index in [1.807, 2.05) is 45.9 Å². The normalized spacial score (nSPS) is 12.4. The van der Waals surface area contributed by atoms with Crippen molar-refractivity contribution in [1.82, 2.24) is 10.2 Å². The number of benzene rings is 1. The van der Waals surface area contributed by atoms with Crippen LogP contribution in [0.2, 0.25) is 0 Å². The minimum Gasteiger partial charge on any atom is -0.410 e. The molecule has 1 unspecified atom stereocenters. The largest absolute Gasteiger partial charge is 0.410 e. The van der Waals surface area contributed by atoms with Crippen LogP contribution in [0, 0.1) is 19.8 Å². The zero-order chi connectivity index (χ0) is 17.0. The lowest BCUT2D eigenvalue weighted by atomic mass is 10.1. The van der Waals surface area contributed by atoms with Crippen LogP contribution < -0.4 is 11.1 Å². The molecule has 0 saturated carbocycles. The molecule has 4 N–H and O–H groups in total. The van der Waals surface area contributed by atoms with Gasteiger partial charge in [0.2, 0.25) is 5.91 Å². The predicted octanol–water partition coefficient (Wildman–Crippen LogP) is 2.36. The molecule has 0 fully saturated rings. The van der Waals surface area contributed by atoms with E-state index in [2.05, 4.69) is 21.2 Å². The molecule has 1 aromatic heterocycles. The van der Waals surface area contributed by atoms with Crippen LogP contribution >= 0.6 is 11.8 Å². The van der Waals surface area contributed by atoms with Crippen LogP contribution in [-0.4, -0.2) is 21.9 Å². The van der Waals surface area contributed by atoms with Crippen molar-refractivity contribution in [3.63, 3.8) is 0 Å². The van der Waals surface area contributed by atoms with Gasteiger partial charge in [-0.05, 0) is 31.0 Å². The molecule has 1 aromatic carbocycles. The molecule has 0 radical (unpaired) electrons. The second-order valence-electron chi connectivity index (χ2n) is 5.84. The number of hydrogen-bond acceptors (Lipinski definition) is 5. The quantitative estimate of drug-likeness (QED) is 0.790. The van der Waals surface area contributed by atoms with Gasteiger partial charge >= 0.3 is 0 Å². The first kappa shape index (κ1) is 17.5. The molecule has 1 heterocycles. The molecule has 2 aromatic rings. The van der Waals surface area contributed by atoms with Gasteiger partial charge < -0.3 is 15.5 Å². The molecule has 0 bridgehead atoms. The minimum atomic E-state index is -0.0986. The molecular formula is C16H23N4O2S+. The smallest absolute Gasteiger partial charge is 0.277 e. The molecule has 0 aliphatic carbocycles. The van der Waals surface area contributed by atoms with Gasteiger partial charge in [-0.2, -0.15) is 0 Å². The van der Waals surface area contributed by atoms with E-state index >= 15 is 0 Å². The Morgan fingerprint density at radius 2 is 2.09 bits per heavy atom. The fraction of sp³-hybridized carbons (Fsp3) is 0.438. The van der Waals surface area contributed by atoms with Gasteiger partial charge in [0.25, 0.3) is 11.1 Å². The molecule has 1 amide bonds. The number of aromatic nitrogens is 2. The Hall–Kier alpha value is -1.86. The molecule has 6 nitrogen and oxygen atoms in total. The lowest BCUT2D eigenvalue weighted by Gasteiger charge is -2.09. The Morgan fingerprint density at radius 1 is 1.35 bits per heavy atom. The van der Waals surface area contributed by atoms with Gasteiger partial charge in [-0.1, -0.05) is 37.7 Å². The number of aryl methyl sites for hydroxylation is 1. The third-order valence-electron chi connectivity index (χ3n) is 3.75. The maximum absolute atomic E-state index is 12.1. The van der Waals surface area contributed by atoms with E-state index in [1.54, 1.807) is 0 Å². The van der Waals surface area contributed by atoms with Crippen LogP contribution in [0.15, 0.2) is 27.8 Å². The number of nitrogens with zero attached hydrogens (tertiary/aromatic N) is 2. The highest BCUT2D eigenvalue weighted by Crippen LogP contribution is 2.22. The van der Waals surface area contributed by atoms with E-state index in [0.29, 0.717) is 17.0 Å². The standard InChI is InChI=1S/C16H22N4O2S/c1-9(2)14(17)15-19-20-16(22-15)23-8-13(21)18-12-7-5-6-10(3)11(12)4/h5-7,9,14H,8,17H2,1-4H3,(H,18,21)/p+1. The molecule has 0 spiro atoms. The summed E-state index contributed by atoms with van der Waals surface area (Å²) in [6, 6.07) is 5.80. The van der Waals surface area contributed by atoms with E-state index in [-0.39, 0.29) is 17.7 Å². The first-order valence-electron chi connectivity index (χ1n) is 7.53. The van der Waals surface area contributed by atoms with Crippen molar-refractivity contribution < 1.29 is 14.9 Å². The summed E-state index contributed by atoms with van der Waals surface area (Å²) in [5.74, 6) is 0.954. The lowest BCUT2D eigenvalue weighted by molar-refractivity contribution is -0.443. The van der Waals surface area contributed by atoms with E-state index < -0.39 is 0 Å². The molecule has 7 heteroatoms. The third kappa shape index (κ3) is 4.56. The van der Waals surface area contributed by atoms with E-state index in [1.165, 1.54) is 11.8 Å². The predicted molar refractivity (Wildman–Crippen MR) is 90.0 cm³/mol. The fourth-order valence-corrected chi connectivity index (χ4v) is 2.48. The first-order chi connectivity index (χ1) is 10.9. The van der Waals surface area contributed by atoms with Gasteiger partial charge in [-0.15, -0.1) is 10.2 Å². The second-order valence-corrected chi connectivity index (χ2v) is 6.77. The highest BCUT2D eigenvalue weighted by Gasteiger charge is 2.21. The van der Waals surface area contributed by atoms with Crippen LogP contribution in [0.1, 0.15) is 36.9 Å². The topological polar surface area (TPSA) is 95.7 Å². The SMILES string of the molecule is Cc1cccc(NC(=O)CSc2nnc(C([NH3+])C(C)C)o2)c1C. The molecule has 124 valence electrons. The lowest BCUT2D eigenvalue weighted by Crippen LogP contribution is -2.56. The minimum absolute atomic E-state index is 0.0411. The van der Waals surface area contributed by atoms with Crippen LogP contribution in [0.25, 0.3) is 0 Å². The van der Waals surface area contributed by atoms with E-state index in [4.69, 9.17) is 4.42 Å². The maximum Gasteiger partial charge on any atom is 0.277 e. The number of amides is 1. The summed E-state index contributed by atoms with van der Waals surface area (Å²) in [7, 11) is 0. The van der Waals surface area contributed by atoms with Gasteiger partial charge in [-0.25, -0.2) is 0 Å². The van der Waals surface area contributed by atoms with Gasteiger partial charge in [0, 0.05) is 11.6 Å². The van der Waals surface area contributed by atoms with Gasteiger partial charge in [0.05, 0.1) is 5.75 Å². The molecular weight excluding hydrogens is 312 g/mol.